The van der Waals surface area contributed by atoms with Gasteiger partial charge in [0.15, 0.2) is 11.2 Å². The fourth-order valence-electron chi connectivity index (χ4n) is 3.32. The highest BCUT2D eigenvalue weighted by molar-refractivity contribution is 5.70. The van der Waals surface area contributed by atoms with Crippen LogP contribution in [0, 0.1) is 13.8 Å². The Labute approximate surface area is 151 Å². The van der Waals surface area contributed by atoms with Gasteiger partial charge >= 0.3 is 0 Å². The molecule has 136 valence electrons. The van der Waals surface area contributed by atoms with E-state index in [1.54, 1.807) is 15.6 Å². The van der Waals surface area contributed by atoms with E-state index in [2.05, 4.69) is 26.3 Å². The maximum atomic E-state index is 12.7. The lowest BCUT2D eigenvalue weighted by molar-refractivity contribution is 0.0362. The molecule has 8 nitrogen and oxygen atoms in total. The quantitative estimate of drug-likeness (QED) is 0.693. The third-order valence-corrected chi connectivity index (χ3v) is 4.64. The largest absolute Gasteiger partial charge is 0.379 e. The van der Waals surface area contributed by atoms with Gasteiger partial charge in [-0.05, 0) is 37.1 Å². The first-order valence-corrected chi connectivity index (χ1v) is 8.81. The molecule has 26 heavy (non-hydrogen) atoms. The van der Waals surface area contributed by atoms with Crippen molar-refractivity contribution in [1.29, 1.82) is 0 Å². The van der Waals surface area contributed by atoms with Gasteiger partial charge in [0.1, 0.15) is 6.33 Å². The lowest BCUT2D eigenvalue weighted by atomic mass is 10.1. The molecule has 0 aliphatic carbocycles. The zero-order valence-corrected chi connectivity index (χ0v) is 15.1. The number of morpholine rings is 1. The summed E-state index contributed by atoms with van der Waals surface area (Å²) in [5, 5.41) is 8.26. The number of aromatic nitrogens is 5. The van der Waals surface area contributed by atoms with Crippen LogP contribution < -0.4 is 5.56 Å². The van der Waals surface area contributed by atoms with E-state index in [1.807, 2.05) is 26.0 Å². The Bertz CT molecular complexity index is 967. The van der Waals surface area contributed by atoms with Crippen molar-refractivity contribution in [2.45, 2.75) is 20.4 Å². The maximum Gasteiger partial charge on any atom is 0.283 e. The SMILES string of the molecule is Cc1cc(C)cc(-n2nnc3c(=O)n(CCN4CCOCC4)cnc32)c1. The Morgan fingerprint density at radius 1 is 1.08 bits per heavy atom. The van der Waals surface area contributed by atoms with Crippen LogP contribution in [0.2, 0.25) is 0 Å². The molecular formula is C18H22N6O2. The fourth-order valence-corrected chi connectivity index (χ4v) is 3.32. The highest BCUT2D eigenvalue weighted by Crippen LogP contribution is 2.15. The highest BCUT2D eigenvalue weighted by atomic mass is 16.5. The van der Waals surface area contributed by atoms with Crippen LogP contribution in [-0.2, 0) is 11.3 Å². The Balaban J connectivity index is 1.63. The van der Waals surface area contributed by atoms with Crippen LogP contribution in [0.5, 0.6) is 0 Å². The van der Waals surface area contributed by atoms with E-state index in [0.717, 1.165) is 49.7 Å². The molecule has 0 saturated carbocycles. The van der Waals surface area contributed by atoms with Crippen molar-refractivity contribution in [2.24, 2.45) is 0 Å². The minimum absolute atomic E-state index is 0.154. The van der Waals surface area contributed by atoms with Crippen molar-refractivity contribution in [3.8, 4) is 5.69 Å². The third kappa shape index (κ3) is 3.25. The molecule has 0 spiro atoms. The Morgan fingerprint density at radius 2 is 1.81 bits per heavy atom. The van der Waals surface area contributed by atoms with Crippen LogP contribution >= 0.6 is 0 Å². The summed E-state index contributed by atoms with van der Waals surface area (Å²) in [5.41, 5.74) is 3.75. The van der Waals surface area contributed by atoms with Crippen molar-refractivity contribution < 1.29 is 4.74 Å². The molecule has 0 radical (unpaired) electrons. The van der Waals surface area contributed by atoms with E-state index in [9.17, 15) is 4.79 Å². The summed E-state index contributed by atoms with van der Waals surface area (Å²) in [7, 11) is 0. The zero-order valence-electron chi connectivity index (χ0n) is 15.1. The minimum Gasteiger partial charge on any atom is -0.379 e. The molecule has 0 N–H and O–H groups in total. The van der Waals surface area contributed by atoms with Gasteiger partial charge in [0, 0.05) is 26.2 Å². The minimum atomic E-state index is -0.154. The standard InChI is InChI=1S/C18H22N6O2/c1-13-9-14(2)11-15(10-13)24-17-16(20-21-24)18(25)23(12-19-17)4-3-22-5-7-26-8-6-22/h9-12H,3-8H2,1-2H3. The van der Waals surface area contributed by atoms with E-state index in [1.165, 1.54) is 0 Å². The molecule has 1 aromatic carbocycles. The monoisotopic (exact) mass is 354 g/mol. The van der Waals surface area contributed by atoms with Crippen molar-refractivity contribution in [1.82, 2.24) is 29.4 Å². The van der Waals surface area contributed by atoms with E-state index >= 15 is 0 Å². The highest BCUT2D eigenvalue weighted by Gasteiger charge is 2.15. The van der Waals surface area contributed by atoms with E-state index in [4.69, 9.17) is 4.74 Å². The summed E-state index contributed by atoms with van der Waals surface area (Å²) in [5.74, 6) is 0. The fraction of sp³-hybridized carbons (Fsp3) is 0.444. The van der Waals surface area contributed by atoms with Crippen molar-refractivity contribution >= 4 is 11.2 Å². The van der Waals surface area contributed by atoms with Gasteiger partial charge in [0.2, 0.25) is 0 Å². The molecule has 1 aliphatic heterocycles. The van der Waals surface area contributed by atoms with Gasteiger partial charge in [-0.3, -0.25) is 14.3 Å². The van der Waals surface area contributed by atoms with Crippen LogP contribution in [0.1, 0.15) is 11.1 Å². The molecule has 1 saturated heterocycles. The number of hydrogen-bond donors (Lipinski definition) is 0. The molecule has 3 aromatic rings. The second kappa shape index (κ2) is 6.97. The molecule has 0 bridgehead atoms. The smallest absolute Gasteiger partial charge is 0.283 e. The zero-order chi connectivity index (χ0) is 18.1. The second-order valence-corrected chi connectivity index (χ2v) is 6.72. The van der Waals surface area contributed by atoms with Crippen LogP contribution in [0.3, 0.4) is 0 Å². The van der Waals surface area contributed by atoms with Crippen LogP contribution in [0.4, 0.5) is 0 Å². The Morgan fingerprint density at radius 3 is 2.54 bits per heavy atom. The average Bonchev–Trinajstić information content (AvgIpc) is 3.06. The Hall–Kier alpha value is -2.58. The molecule has 0 amide bonds. The van der Waals surface area contributed by atoms with Crippen molar-refractivity contribution in [3.05, 3.63) is 46.0 Å². The number of hydrogen-bond acceptors (Lipinski definition) is 6. The van der Waals surface area contributed by atoms with E-state index < -0.39 is 0 Å². The van der Waals surface area contributed by atoms with Crippen LogP contribution in [0.15, 0.2) is 29.3 Å². The van der Waals surface area contributed by atoms with Gasteiger partial charge in [0.05, 0.1) is 18.9 Å². The second-order valence-electron chi connectivity index (χ2n) is 6.72. The maximum absolute atomic E-state index is 12.7. The number of nitrogens with zero attached hydrogens (tertiary/aromatic N) is 6. The first-order valence-electron chi connectivity index (χ1n) is 8.81. The van der Waals surface area contributed by atoms with Gasteiger partial charge in [-0.1, -0.05) is 11.3 Å². The molecule has 2 aromatic heterocycles. The summed E-state index contributed by atoms with van der Waals surface area (Å²) in [6.07, 6.45) is 1.59. The number of benzene rings is 1. The van der Waals surface area contributed by atoms with Crippen LogP contribution in [0.25, 0.3) is 16.9 Å². The molecule has 0 atom stereocenters. The first-order chi connectivity index (χ1) is 12.6. The number of fused-ring (bicyclic) bond motifs is 1. The summed E-state index contributed by atoms with van der Waals surface area (Å²) in [6, 6.07) is 6.11. The van der Waals surface area contributed by atoms with Crippen molar-refractivity contribution in [2.75, 3.05) is 32.8 Å². The number of rotatable bonds is 4. The molecule has 3 heterocycles. The molecule has 8 heteroatoms. The summed E-state index contributed by atoms with van der Waals surface area (Å²) in [4.78, 5) is 19.5. The summed E-state index contributed by atoms with van der Waals surface area (Å²) >= 11 is 0. The van der Waals surface area contributed by atoms with E-state index in [-0.39, 0.29) is 5.56 Å². The average molecular weight is 354 g/mol. The normalized spacial score (nSPS) is 15.6. The van der Waals surface area contributed by atoms with Gasteiger partial charge in [0.25, 0.3) is 5.56 Å². The third-order valence-electron chi connectivity index (χ3n) is 4.64. The molecule has 0 unspecified atom stereocenters. The Kier molecular flexibility index (Phi) is 4.52. The molecule has 1 aliphatic rings. The predicted molar refractivity (Wildman–Crippen MR) is 97.7 cm³/mol. The summed E-state index contributed by atoms with van der Waals surface area (Å²) in [6.45, 7) is 8.72. The van der Waals surface area contributed by atoms with E-state index in [0.29, 0.717) is 17.7 Å². The van der Waals surface area contributed by atoms with Crippen molar-refractivity contribution in [3.63, 3.8) is 0 Å². The number of ether oxygens (including phenoxy) is 1. The summed E-state index contributed by atoms with van der Waals surface area (Å²) < 4.78 is 8.59. The molecular weight excluding hydrogens is 332 g/mol. The molecule has 4 rings (SSSR count). The predicted octanol–water partition coefficient (Wildman–Crippen LogP) is 0.926. The van der Waals surface area contributed by atoms with Gasteiger partial charge in [-0.2, -0.15) is 4.68 Å². The van der Waals surface area contributed by atoms with Gasteiger partial charge < -0.3 is 4.74 Å². The lowest BCUT2D eigenvalue weighted by Gasteiger charge is -2.26. The lowest BCUT2D eigenvalue weighted by Crippen LogP contribution is -2.39. The van der Waals surface area contributed by atoms with Gasteiger partial charge in [-0.25, -0.2) is 4.98 Å². The van der Waals surface area contributed by atoms with Crippen LogP contribution in [-0.4, -0.2) is 62.3 Å². The molecule has 1 fully saturated rings. The topological polar surface area (TPSA) is 78.1 Å². The first kappa shape index (κ1) is 16.9. The number of aryl methyl sites for hydroxylation is 2. The van der Waals surface area contributed by atoms with Gasteiger partial charge in [-0.15, -0.1) is 5.10 Å².